The minimum Gasteiger partial charge on any atom is -0.439 e. The molecule has 0 aliphatic carbocycles. The third-order valence-electron chi connectivity index (χ3n) is 4.89. The lowest BCUT2D eigenvalue weighted by Crippen LogP contribution is -2.49. The maximum Gasteiger partial charge on any atom is 0.234 e. The number of carbonyl (C=O) groups excluding carboxylic acids is 1. The highest BCUT2D eigenvalue weighted by atomic mass is 35.5. The lowest BCUT2D eigenvalue weighted by Gasteiger charge is -2.33. The summed E-state index contributed by atoms with van der Waals surface area (Å²) in [6.07, 6.45) is 2.71. The van der Waals surface area contributed by atoms with Crippen LogP contribution in [0.1, 0.15) is 26.2 Å². The van der Waals surface area contributed by atoms with E-state index in [1.54, 1.807) is 6.20 Å². The van der Waals surface area contributed by atoms with E-state index in [1.165, 1.54) is 0 Å². The Labute approximate surface area is 165 Å². The van der Waals surface area contributed by atoms with Crippen LogP contribution in [0.15, 0.2) is 34.9 Å². The van der Waals surface area contributed by atoms with Crippen LogP contribution in [0.2, 0.25) is 5.02 Å². The van der Waals surface area contributed by atoms with Crippen molar-refractivity contribution < 1.29 is 9.21 Å². The van der Waals surface area contributed by atoms with Gasteiger partial charge in [0.05, 0.1) is 19.3 Å². The van der Waals surface area contributed by atoms with Crippen molar-refractivity contribution in [2.75, 3.05) is 32.7 Å². The molecule has 1 aliphatic rings. The number of hydrogen-bond donors (Lipinski definition) is 1. The molecular formula is C20H27ClN4O2. The summed E-state index contributed by atoms with van der Waals surface area (Å²) in [6, 6.07) is 7.77. The molecule has 1 N–H and O–H groups in total. The maximum atomic E-state index is 12.0. The average molecular weight is 391 g/mol. The van der Waals surface area contributed by atoms with Gasteiger partial charge in [0.1, 0.15) is 0 Å². The molecule has 2 heterocycles. The lowest BCUT2D eigenvalue weighted by atomic mass is 10.2. The van der Waals surface area contributed by atoms with E-state index >= 15 is 0 Å². The molecule has 0 radical (unpaired) electrons. The summed E-state index contributed by atoms with van der Waals surface area (Å²) in [5.41, 5.74) is 0.968. The van der Waals surface area contributed by atoms with Crippen molar-refractivity contribution in [3.8, 4) is 11.3 Å². The van der Waals surface area contributed by atoms with Crippen LogP contribution < -0.4 is 5.32 Å². The first-order chi connectivity index (χ1) is 13.0. The van der Waals surface area contributed by atoms with Crippen LogP contribution in [0.3, 0.4) is 0 Å². The Hall–Kier alpha value is -1.89. The smallest absolute Gasteiger partial charge is 0.234 e. The molecule has 0 saturated carbocycles. The van der Waals surface area contributed by atoms with E-state index in [2.05, 4.69) is 27.0 Å². The molecule has 1 aromatic heterocycles. The van der Waals surface area contributed by atoms with Crippen LogP contribution in [0.5, 0.6) is 0 Å². The summed E-state index contributed by atoms with van der Waals surface area (Å²) >= 11 is 5.93. The van der Waals surface area contributed by atoms with E-state index in [0.717, 1.165) is 43.9 Å². The number of piperazine rings is 1. The molecule has 1 aliphatic heterocycles. The van der Waals surface area contributed by atoms with Crippen LogP contribution >= 0.6 is 11.6 Å². The van der Waals surface area contributed by atoms with Crippen LogP contribution in [-0.2, 0) is 11.3 Å². The van der Waals surface area contributed by atoms with E-state index in [0.29, 0.717) is 24.0 Å². The van der Waals surface area contributed by atoms with Gasteiger partial charge >= 0.3 is 0 Å². The molecule has 2 aromatic rings. The Morgan fingerprint density at radius 1 is 1.22 bits per heavy atom. The van der Waals surface area contributed by atoms with Gasteiger partial charge in [-0.05, 0) is 37.6 Å². The molecule has 27 heavy (non-hydrogen) atoms. The van der Waals surface area contributed by atoms with E-state index in [4.69, 9.17) is 16.0 Å². The molecular weight excluding hydrogens is 364 g/mol. The van der Waals surface area contributed by atoms with E-state index in [9.17, 15) is 4.79 Å². The largest absolute Gasteiger partial charge is 0.439 e. The predicted octanol–water partition coefficient (Wildman–Crippen LogP) is 3.03. The molecule has 1 aromatic carbocycles. The first-order valence-corrected chi connectivity index (χ1v) is 9.86. The van der Waals surface area contributed by atoms with Gasteiger partial charge in [-0.15, -0.1) is 0 Å². The maximum absolute atomic E-state index is 12.0. The molecule has 7 heteroatoms. The summed E-state index contributed by atoms with van der Waals surface area (Å²) in [4.78, 5) is 20.9. The first kappa shape index (κ1) is 19.9. The van der Waals surface area contributed by atoms with Crippen LogP contribution in [0.4, 0.5) is 0 Å². The predicted molar refractivity (Wildman–Crippen MR) is 107 cm³/mol. The third-order valence-corrected chi connectivity index (χ3v) is 5.15. The van der Waals surface area contributed by atoms with E-state index < -0.39 is 0 Å². The molecule has 3 rings (SSSR count). The highest BCUT2D eigenvalue weighted by Gasteiger charge is 2.21. The Balaban J connectivity index is 1.45. The third kappa shape index (κ3) is 5.79. The highest BCUT2D eigenvalue weighted by molar-refractivity contribution is 6.30. The summed E-state index contributed by atoms with van der Waals surface area (Å²) in [5, 5.41) is 3.73. The SMILES string of the molecule is CCC(C)NC(=O)CN1CCN(Cc2ncc(-c3ccc(Cl)cc3)o2)CC1. The van der Waals surface area contributed by atoms with Crippen molar-refractivity contribution in [1.82, 2.24) is 20.1 Å². The van der Waals surface area contributed by atoms with Gasteiger partial charge in [0.25, 0.3) is 0 Å². The summed E-state index contributed by atoms with van der Waals surface area (Å²) in [6.45, 7) is 8.80. The van der Waals surface area contributed by atoms with Gasteiger partial charge in [0.2, 0.25) is 11.8 Å². The fourth-order valence-corrected chi connectivity index (χ4v) is 3.18. The van der Waals surface area contributed by atoms with E-state index in [-0.39, 0.29) is 11.9 Å². The number of rotatable bonds is 7. The second-order valence-corrected chi connectivity index (χ2v) is 7.49. The van der Waals surface area contributed by atoms with Gasteiger partial charge in [-0.1, -0.05) is 18.5 Å². The fourth-order valence-electron chi connectivity index (χ4n) is 3.05. The number of nitrogens with zero attached hydrogens (tertiary/aromatic N) is 3. The van der Waals surface area contributed by atoms with Gasteiger partial charge in [-0.3, -0.25) is 14.6 Å². The number of oxazole rings is 1. The Bertz CT molecular complexity index is 739. The summed E-state index contributed by atoms with van der Waals surface area (Å²) < 4.78 is 5.89. The second-order valence-electron chi connectivity index (χ2n) is 7.05. The van der Waals surface area contributed by atoms with Crippen LogP contribution in [0, 0.1) is 0 Å². The number of halogens is 1. The Morgan fingerprint density at radius 2 is 1.89 bits per heavy atom. The van der Waals surface area contributed by atoms with Gasteiger partial charge in [-0.2, -0.15) is 0 Å². The molecule has 6 nitrogen and oxygen atoms in total. The summed E-state index contributed by atoms with van der Waals surface area (Å²) in [5.74, 6) is 1.57. The van der Waals surface area contributed by atoms with Crippen molar-refractivity contribution in [2.45, 2.75) is 32.9 Å². The first-order valence-electron chi connectivity index (χ1n) is 9.48. The molecule has 0 bridgehead atoms. The standard InChI is InChI=1S/C20H27ClN4O2/c1-3-15(2)23-19(26)13-24-8-10-25(11-9-24)14-20-22-12-18(27-20)16-4-6-17(21)7-5-16/h4-7,12,15H,3,8-11,13-14H2,1-2H3,(H,23,26). The Kier molecular flexibility index (Phi) is 6.88. The van der Waals surface area contributed by atoms with Crippen molar-refractivity contribution in [3.05, 3.63) is 41.4 Å². The zero-order chi connectivity index (χ0) is 19.2. The number of nitrogens with one attached hydrogen (secondary N) is 1. The number of carbonyl (C=O) groups is 1. The molecule has 1 amide bonds. The number of aromatic nitrogens is 1. The lowest BCUT2D eigenvalue weighted by molar-refractivity contribution is -0.123. The molecule has 1 saturated heterocycles. The average Bonchev–Trinajstić information content (AvgIpc) is 3.12. The van der Waals surface area contributed by atoms with Crippen molar-refractivity contribution in [2.24, 2.45) is 0 Å². The minimum atomic E-state index is 0.109. The van der Waals surface area contributed by atoms with Gasteiger partial charge in [0.15, 0.2) is 5.76 Å². The monoisotopic (exact) mass is 390 g/mol. The number of amides is 1. The molecule has 0 spiro atoms. The Morgan fingerprint density at radius 3 is 2.56 bits per heavy atom. The normalized spacial score (nSPS) is 17.0. The minimum absolute atomic E-state index is 0.109. The van der Waals surface area contributed by atoms with Crippen molar-refractivity contribution >= 4 is 17.5 Å². The second kappa shape index (κ2) is 9.35. The molecule has 1 atom stereocenters. The zero-order valence-corrected chi connectivity index (χ0v) is 16.7. The van der Waals surface area contributed by atoms with Crippen molar-refractivity contribution in [1.29, 1.82) is 0 Å². The highest BCUT2D eigenvalue weighted by Crippen LogP contribution is 2.23. The van der Waals surface area contributed by atoms with Gasteiger partial charge < -0.3 is 9.73 Å². The zero-order valence-electron chi connectivity index (χ0n) is 15.9. The quantitative estimate of drug-likeness (QED) is 0.787. The molecule has 1 unspecified atom stereocenters. The summed E-state index contributed by atoms with van der Waals surface area (Å²) in [7, 11) is 0. The molecule has 1 fully saturated rings. The van der Waals surface area contributed by atoms with Crippen molar-refractivity contribution in [3.63, 3.8) is 0 Å². The topological polar surface area (TPSA) is 61.6 Å². The van der Waals surface area contributed by atoms with E-state index in [1.807, 2.05) is 31.2 Å². The fraction of sp³-hybridized carbons (Fsp3) is 0.500. The van der Waals surface area contributed by atoms with Gasteiger partial charge in [-0.25, -0.2) is 4.98 Å². The molecule has 146 valence electrons. The van der Waals surface area contributed by atoms with Gasteiger partial charge in [0, 0.05) is 42.8 Å². The van der Waals surface area contributed by atoms with Crippen LogP contribution in [-0.4, -0.2) is 59.5 Å². The van der Waals surface area contributed by atoms with Crippen LogP contribution in [0.25, 0.3) is 11.3 Å². The number of benzene rings is 1. The number of hydrogen-bond acceptors (Lipinski definition) is 5.